The van der Waals surface area contributed by atoms with E-state index in [0.717, 1.165) is 5.01 Å². The lowest BCUT2D eigenvalue weighted by Gasteiger charge is -1.76. The Morgan fingerprint density at radius 1 is 1.67 bits per heavy atom. The Labute approximate surface area is 61.9 Å². The fraction of sp³-hybridized carbons (Fsp3) is 0.250. The molecule has 0 bridgehead atoms. The van der Waals surface area contributed by atoms with Gasteiger partial charge in [-0.3, -0.25) is 0 Å². The van der Waals surface area contributed by atoms with Crippen LogP contribution < -0.4 is 5.73 Å². The Morgan fingerprint density at radius 2 is 2.44 bits per heavy atom. The molecule has 0 spiro atoms. The predicted molar refractivity (Wildman–Crippen MR) is 40.6 cm³/mol. The molecule has 9 heavy (non-hydrogen) atoms. The van der Waals surface area contributed by atoms with Gasteiger partial charge in [0.15, 0.2) is 0 Å². The van der Waals surface area contributed by atoms with E-state index in [2.05, 4.69) is 27.8 Å². The Morgan fingerprint density at radius 3 is 2.89 bits per heavy atom. The number of hydrogen-bond acceptors (Lipinski definition) is 5. The van der Waals surface area contributed by atoms with Crippen LogP contribution in [-0.2, 0) is 6.42 Å². The number of hydrogen-bond donors (Lipinski definition) is 1. The van der Waals surface area contributed by atoms with Gasteiger partial charge in [-0.15, -0.1) is 10.2 Å². The number of anilines is 1. The Balaban J connectivity index is 2.72. The Hall–Kier alpha value is -0.550. The summed E-state index contributed by atoms with van der Waals surface area (Å²) in [5, 5.41) is 11.2. The van der Waals surface area contributed by atoms with Crippen LogP contribution in [0.1, 0.15) is 5.01 Å². The van der Waals surface area contributed by atoms with E-state index >= 15 is 0 Å². The quantitative estimate of drug-likeness (QED) is 0.638. The topological polar surface area (TPSA) is 51.8 Å². The van der Waals surface area contributed by atoms with E-state index in [1.807, 2.05) is 0 Å². The molecule has 0 fully saturated rings. The molecular formula is C4H4N3S2. The maximum absolute atomic E-state index is 5.29. The SMILES string of the molecule is Nc1nnc(C[C]=S)s1. The van der Waals surface area contributed by atoms with Crippen LogP contribution in [-0.4, -0.2) is 15.6 Å². The van der Waals surface area contributed by atoms with Crippen molar-refractivity contribution in [1.29, 1.82) is 0 Å². The van der Waals surface area contributed by atoms with Gasteiger partial charge in [-0.1, -0.05) is 23.6 Å². The first-order chi connectivity index (χ1) is 4.33. The minimum atomic E-state index is 0.482. The molecule has 1 rings (SSSR count). The molecule has 0 aliphatic heterocycles. The van der Waals surface area contributed by atoms with E-state index in [1.54, 1.807) is 0 Å². The zero-order valence-electron chi connectivity index (χ0n) is 4.50. The van der Waals surface area contributed by atoms with Gasteiger partial charge in [0.05, 0.1) is 0 Å². The van der Waals surface area contributed by atoms with Gasteiger partial charge in [-0.2, -0.15) is 0 Å². The first-order valence-electron chi connectivity index (χ1n) is 2.26. The van der Waals surface area contributed by atoms with Crippen molar-refractivity contribution in [3.05, 3.63) is 5.01 Å². The molecule has 0 saturated heterocycles. The zero-order chi connectivity index (χ0) is 6.69. The second-order valence-electron chi connectivity index (χ2n) is 1.36. The standard InChI is InChI=1S/C4H4N3S2/c5-4-7-6-3(9-4)1-2-8/h1H2,(H2,5,7). The third kappa shape index (κ3) is 1.69. The van der Waals surface area contributed by atoms with Crippen LogP contribution in [0.5, 0.6) is 0 Å². The summed E-state index contributed by atoms with van der Waals surface area (Å²) >= 11 is 5.83. The monoisotopic (exact) mass is 158 g/mol. The molecule has 3 nitrogen and oxygen atoms in total. The van der Waals surface area contributed by atoms with Crippen LogP contribution in [0.2, 0.25) is 0 Å². The highest BCUT2D eigenvalue weighted by molar-refractivity contribution is 7.79. The summed E-state index contributed by atoms with van der Waals surface area (Å²) in [5.74, 6) is 0. The van der Waals surface area contributed by atoms with Crippen LogP contribution in [0.3, 0.4) is 0 Å². The number of rotatable bonds is 2. The maximum Gasteiger partial charge on any atom is 0.203 e. The molecule has 0 aromatic carbocycles. The summed E-state index contributed by atoms with van der Waals surface area (Å²) in [5.41, 5.74) is 5.29. The second-order valence-corrected chi connectivity index (χ2v) is 2.74. The highest BCUT2D eigenvalue weighted by Crippen LogP contribution is 2.09. The molecule has 0 aliphatic carbocycles. The molecule has 0 atom stereocenters. The molecule has 2 N–H and O–H groups in total. The molecule has 1 heterocycles. The normalized spacial score (nSPS) is 9.33. The largest absolute Gasteiger partial charge is 0.374 e. The van der Waals surface area contributed by atoms with Gasteiger partial charge < -0.3 is 5.73 Å². The molecule has 0 saturated carbocycles. The first kappa shape index (κ1) is 6.57. The van der Waals surface area contributed by atoms with Crippen molar-refractivity contribution in [3.63, 3.8) is 0 Å². The first-order valence-corrected chi connectivity index (χ1v) is 3.48. The van der Waals surface area contributed by atoms with Crippen LogP contribution >= 0.6 is 23.6 Å². The van der Waals surface area contributed by atoms with Crippen LogP contribution in [0.25, 0.3) is 0 Å². The lowest BCUT2D eigenvalue weighted by Crippen LogP contribution is -1.82. The molecule has 0 amide bonds. The summed E-state index contributed by atoms with van der Waals surface area (Å²) in [6.07, 6.45) is 0.560. The molecule has 47 valence electrons. The van der Waals surface area contributed by atoms with E-state index < -0.39 is 0 Å². The lowest BCUT2D eigenvalue weighted by atomic mass is 10.5. The zero-order valence-corrected chi connectivity index (χ0v) is 6.13. The average molecular weight is 158 g/mol. The van der Waals surface area contributed by atoms with Crippen LogP contribution in [0, 0.1) is 0 Å². The highest BCUT2D eigenvalue weighted by Gasteiger charge is 1.96. The smallest absolute Gasteiger partial charge is 0.203 e. The third-order valence-electron chi connectivity index (χ3n) is 0.706. The third-order valence-corrected chi connectivity index (χ3v) is 1.60. The van der Waals surface area contributed by atoms with Crippen molar-refractivity contribution in [1.82, 2.24) is 10.2 Å². The van der Waals surface area contributed by atoms with Crippen LogP contribution in [0.4, 0.5) is 5.13 Å². The van der Waals surface area contributed by atoms with Gasteiger partial charge in [-0.25, -0.2) is 0 Å². The second kappa shape index (κ2) is 2.84. The molecule has 1 aromatic heterocycles. The molecule has 0 unspecified atom stereocenters. The molecule has 1 aromatic rings. The summed E-state index contributed by atoms with van der Waals surface area (Å²) in [7, 11) is 0. The van der Waals surface area contributed by atoms with Gasteiger partial charge >= 0.3 is 0 Å². The van der Waals surface area contributed by atoms with Crippen molar-refractivity contribution in [2.45, 2.75) is 6.42 Å². The summed E-state index contributed by atoms with van der Waals surface area (Å²) in [6.45, 7) is 0. The number of nitrogen functional groups attached to an aromatic ring is 1. The minimum Gasteiger partial charge on any atom is -0.374 e. The summed E-state index contributed by atoms with van der Waals surface area (Å²) < 4.78 is 0. The molecule has 1 radical (unpaired) electrons. The minimum absolute atomic E-state index is 0.482. The van der Waals surface area contributed by atoms with Gasteiger partial charge in [0, 0.05) is 11.8 Å². The molecule has 5 heteroatoms. The van der Waals surface area contributed by atoms with Gasteiger partial charge in [0.1, 0.15) is 5.01 Å². The van der Waals surface area contributed by atoms with Crippen molar-refractivity contribution >= 4 is 34.1 Å². The van der Waals surface area contributed by atoms with Gasteiger partial charge in [-0.05, 0) is 0 Å². The fourth-order valence-electron chi connectivity index (χ4n) is 0.400. The number of aromatic nitrogens is 2. The lowest BCUT2D eigenvalue weighted by molar-refractivity contribution is 1.04. The van der Waals surface area contributed by atoms with Crippen molar-refractivity contribution in [2.24, 2.45) is 0 Å². The molecule has 0 aliphatic rings. The number of nitrogens with two attached hydrogens (primary N) is 1. The van der Waals surface area contributed by atoms with Crippen molar-refractivity contribution in [2.75, 3.05) is 5.73 Å². The summed E-state index contributed by atoms with van der Waals surface area (Å²) in [6, 6.07) is 0. The Kier molecular flexibility index (Phi) is 2.07. The van der Waals surface area contributed by atoms with Crippen LogP contribution in [0.15, 0.2) is 0 Å². The van der Waals surface area contributed by atoms with E-state index in [4.69, 9.17) is 5.73 Å². The summed E-state index contributed by atoms with van der Waals surface area (Å²) in [4.78, 5) is 0. The van der Waals surface area contributed by atoms with E-state index in [0.29, 0.717) is 11.6 Å². The Bertz CT molecular complexity index is 207. The van der Waals surface area contributed by atoms with Gasteiger partial charge in [0.25, 0.3) is 0 Å². The van der Waals surface area contributed by atoms with E-state index in [-0.39, 0.29) is 0 Å². The van der Waals surface area contributed by atoms with E-state index in [1.165, 1.54) is 11.3 Å². The maximum atomic E-state index is 5.29. The number of nitrogens with zero attached hydrogens (tertiary/aromatic N) is 2. The predicted octanol–water partition coefficient (Wildman–Crippen LogP) is 0.539. The molecular weight excluding hydrogens is 154 g/mol. The number of thiocarbonyl (C=S) groups is 1. The fourth-order valence-corrected chi connectivity index (χ4v) is 1.18. The highest BCUT2D eigenvalue weighted by atomic mass is 32.1. The van der Waals surface area contributed by atoms with Gasteiger partial charge in [0.2, 0.25) is 5.13 Å². The van der Waals surface area contributed by atoms with E-state index in [9.17, 15) is 0 Å². The average Bonchev–Trinajstić information content (AvgIpc) is 2.17. The van der Waals surface area contributed by atoms with Crippen molar-refractivity contribution < 1.29 is 0 Å². The van der Waals surface area contributed by atoms with Crippen molar-refractivity contribution in [3.8, 4) is 0 Å².